The van der Waals surface area contributed by atoms with Crippen molar-refractivity contribution in [2.24, 2.45) is 11.8 Å². The van der Waals surface area contributed by atoms with Gasteiger partial charge in [-0.25, -0.2) is 0 Å². The van der Waals surface area contributed by atoms with Crippen LogP contribution in [-0.4, -0.2) is 25.8 Å². The summed E-state index contributed by atoms with van der Waals surface area (Å²) >= 11 is 1.68. The molecule has 2 atom stereocenters. The lowest BCUT2D eigenvalue weighted by molar-refractivity contribution is -0.124. The van der Waals surface area contributed by atoms with E-state index in [1.807, 2.05) is 18.2 Å². The number of carbonyl (C=O) groups is 2. The Kier molecular flexibility index (Phi) is 9.62. The summed E-state index contributed by atoms with van der Waals surface area (Å²) in [6.45, 7) is 2.98. The first-order valence-corrected chi connectivity index (χ1v) is 12.4. The lowest BCUT2D eigenvalue weighted by Crippen LogP contribution is -2.29. The summed E-state index contributed by atoms with van der Waals surface area (Å²) in [6.07, 6.45) is 5.09. The zero-order valence-electron chi connectivity index (χ0n) is 19.0. The van der Waals surface area contributed by atoms with E-state index in [2.05, 4.69) is 47.3 Å². The van der Waals surface area contributed by atoms with Crippen LogP contribution in [0.5, 0.6) is 5.75 Å². The zero-order valence-corrected chi connectivity index (χ0v) is 19.8. The van der Waals surface area contributed by atoms with Gasteiger partial charge >= 0.3 is 0 Å². The summed E-state index contributed by atoms with van der Waals surface area (Å²) in [6, 6.07) is 16.9. The normalized spacial score (nSPS) is 15.1. The van der Waals surface area contributed by atoms with Crippen molar-refractivity contribution in [3.8, 4) is 5.75 Å². The Labute approximate surface area is 195 Å². The number of aldehydes is 1. The van der Waals surface area contributed by atoms with Crippen molar-refractivity contribution in [1.82, 2.24) is 10.0 Å². The minimum atomic E-state index is -0.180. The summed E-state index contributed by atoms with van der Waals surface area (Å²) in [5.74, 6) is 2.33. The summed E-state index contributed by atoms with van der Waals surface area (Å²) in [5, 5.41) is 2.71. The predicted molar refractivity (Wildman–Crippen MR) is 131 cm³/mol. The molecular weight excluding hydrogens is 420 g/mol. The fraction of sp³-hybridized carbons (Fsp3) is 0.462. The van der Waals surface area contributed by atoms with Crippen LogP contribution in [-0.2, 0) is 21.8 Å². The first-order chi connectivity index (χ1) is 15.6. The lowest BCUT2D eigenvalue weighted by Gasteiger charge is -2.16. The standard InChI is InChI=1S/C26H34N2O3S/c1-19(23-8-4-10-25(16-23)31-17-20-11-12-20)28-32-18-22-7-3-6-21(14-22)15-24(9-5-13-29)26(30)27-2/h3-4,6-8,10,13-14,16,19-20,24,28H,5,9,11-12,15,17-18H2,1-2H3,(H,27,30). The quantitative estimate of drug-likeness (QED) is 0.315. The second kappa shape index (κ2) is 12.7. The van der Waals surface area contributed by atoms with E-state index in [4.69, 9.17) is 4.74 Å². The van der Waals surface area contributed by atoms with Gasteiger partial charge in [0.05, 0.1) is 6.61 Å². The molecule has 0 aliphatic heterocycles. The molecule has 0 aromatic heterocycles. The number of carbonyl (C=O) groups excluding carboxylic acids is 2. The zero-order chi connectivity index (χ0) is 22.8. The molecule has 2 aromatic carbocycles. The van der Waals surface area contributed by atoms with E-state index in [0.717, 1.165) is 35.9 Å². The van der Waals surface area contributed by atoms with Gasteiger partial charge < -0.3 is 14.8 Å². The summed E-state index contributed by atoms with van der Waals surface area (Å²) < 4.78 is 9.43. The van der Waals surface area contributed by atoms with E-state index in [1.54, 1.807) is 19.0 Å². The molecule has 2 N–H and O–H groups in total. The van der Waals surface area contributed by atoms with Gasteiger partial charge in [-0.1, -0.05) is 48.3 Å². The average molecular weight is 455 g/mol. The maximum Gasteiger partial charge on any atom is 0.223 e. The Bertz CT molecular complexity index is 885. The summed E-state index contributed by atoms with van der Waals surface area (Å²) in [5.41, 5.74) is 3.54. The van der Waals surface area contributed by atoms with Crippen LogP contribution in [0.3, 0.4) is 0 Å². The fourth-order valence-electron chi connectivity index (χ4n) is 3.62. The molecule has 32 heavy (non-hydrogen) atoms. The van der Waals surface area contributed by atoms with E-state index >= 15 is 0 Å². The molecule has 5 nitrogen and oxygen atoms in total. The van der Waals surface area contributed by atoms with E-state index in [-0.39, 0.29) is 17.9 Å². The van der Waals surface area contributed by atoms with Crippen LogP contribution in [0.15, 0.2) is 48.5 Å². The Morgan fingerprint density at radius 3 is 2.72 bits per heavy atom. The predicted octanol–water partition coefficient (Wildman–Crippen LogP) is 4.86. The molecule has 1 saturated carbocycles. The van der Waals surface area contributed by atoms with Gasteiger partial charge in [-0.2, -0.15) is 0 Å². The van der Waals surface area contributed by atoms with Crippen LogP contribution in [0.2, 0.25) is 0 Å². The molecule has 0 spiro atoms. The van der Waals surface area contributed by atoms with Crippen molar-refractivity contribution in [3.63, 3.8) is 0 Å². The molecule has 1 aliphatic carbocycles. The monoisotopic (exact) mass is 454 g/mol. The Morgan fingerprint density at radius 2 is 1.97 bits per heavy atom. The minimum Gasteiger partial charge on any atom is -0.493 e. The van der Waals surface area contributed by atoms with Gasteiger partial charge in [0.1, 0.15) is 12.0 Å². The third kappa shape index (κ3) is 7.99. The highest BCUT2D eigenvalue weighted by atomic mass is 32.2. The molecule has 3 rings (SSSR count). The average Bonchev–Trinajstić information content (AvgIpc) is 3.65. The van der Waals surface area contributed by atoms with Gasteiger partial charge in [0.2, 0.25) is 5.91 Å². The van der Waals surface area contributed by atoms with Crippen molar-refractivity contribution in [1.29, 1.82) is 0 Å². The summed E-state index contributed by atoms with van der Waals surface area (Å²) in [4.78, 5) is 22.9. The number of hydrogen-bond donors (Lipinski definition) is 2. The molecule has 172 valence electrons. The third-order valence-corrected chi connectivity index (χ3v) is 6.76. The van der Waals surface area contributed by atoms with E-state index in [0.29, 0.717) is 19.3 Å². The number of benzene rings is 2. The van der Waals surface area contributed by atoms with Crippen LogP contribution in [0.1, 0.15) is 55.3 Å². The van der Waals surface area contributed by atoms with Gasteiger partial charge in [0.25, 0.3) is 0 Å². The van der Waals surface area contributed by atoms with Crippen molar-refractivity contribution in [3.05, 3.63) is 65.2 Å². The van der Waals surface area contributed by atoms with Crippen LogP contribution in [0.4, 0.5) is 0 Å². The largest absolute Gasteiger partial charge is 0.493 e. The molecule has 0 radical (unpaired) electrons. The first-order valence-electron chi connectivity index (χ1n) is 11.4. The first kappa shape index (κ1) is 24.3. The number of rotatable bonds is 14. The maximum absolute atomic E-state index is 12.1. The van der Waals surface area contributed by atoms with E-state index in [9.17, 15) is 9.59 Å². The summed E-state index contributed by atoms with van der Waals surface area (Å²) in [7, 11) is 1.64. The van der Waals surface area contributed by atoms with Gasteiger partial charge in [-0.15, -0.1) is 0 Å². The number of hydrogen-bond acceptors (Lipinski definition) is 5. The third-order valence-electron chi connectivity index (χ3n) is 5.76. The Balaban J connectivity index is 1.49. The topological polar surface area (TPSA) is 67.4 Å². The molecule has 2 aromatic rings. The molecular formula is C26H34N2O3S. The Hall–Kier alpha value is -2.31. The molecule has 1 aliphatic rings. The van der Waals surface area contributed by atoms with Gasteiger partial charge in [-0.3, -0.25) is 9.52 Å². The van der Waals surface area contributed by atoms with Crippen molar-refractivity contribution < 1.29 is 14.3 Å². The fourth-order valence-corrected chi connectivity index (χ4v) is 4.44. The highest BCUT2D eigenvalue weighted by Crippen LogP contribution is 2.30. The number of ether oxygens (including phenoxy) is 1. The van der Waals surface area contributed by atoms with Crippen LogP contribution in [0.25, 0.3) is 0 Å². The second-order valence-corrected chi connectivity index (χ2v) is 9.35. The smallest absolute Gasteiger partial charge is 0.223 e. The molecule has 2 unspecified atom stereocenters. The van der Waals surface area contributed by atoms with Crippen LogP contribution in [0, 0.1) is 11.8 Å². The Morgan fingerprint density at radius 1 is 1.19 bits per heavy atom. The molecule has 6 heteroatoms. The molecule has 0 heterocycles. The van der Waals surface area contributed by atoms with E-state index in [1.165, 1.54) is 24.0 Å². The SMILES string of the molecule is CNC(=O)C(CCC=O)Cc1cccc(CSNC(C)c2cccc(OCC3CC3)c2)c1. The molecule has 1 amide bonds. The number of nitrogens with one attached hydrogen (secondary N) is 2. The van der Waals surface area contributed by atoms with Gasteiger partial charge in [0, 0.05) is 31.2 Å². The lowest BCUT2D eigenvalue weighted by atomic mass is 9.93. The van der Waals surface area contributed by atoms with Crippen molar-refractivity contribution in [2.45, 2.75) is 50.8 Å². The van der Waals surface area contributed by atoms with Gasteiger partial charge in [-0.05, 0) is 67.3 Å². The maximum atomic E-state index is 12.1. The minimum absolute atomic E-state index is 0.00883. The molecule has 0 saturated heterocycles. The van der Waals surface area contributed by atoms with Crippen molar-refractivity contribution >= 4 is 24.1 Å². The van der Waals surface area contributed by atoms with Crippen LogP contribution >= 0.6 is 11.9 Å². The highest BCUT2D eigenvalue weighted by molar-refractivity contribution is 7.96. The van der Waals surface area contributed by atoms with Crippen molar-refractivity contribution in [2.75, 3.05) is 13.7 Å². The van der Waals surface area contributed by atoms with Crippen LogP contribution < -0.4 is 14.8 Å². The highest BCUT2D eigenvalue weighted by Gasteiger charge is 2.22. The van der Waals surface area contributed by atoms with Gasteiger partial charge in [0.15, 0.2) is 0 Å². The molecule has 1 fully saturated rings. The number of amides is 1. The second-order valence-electron chi connectivity index (χ2n) is 8.53. The van der Waals surface area contributed by atoms with E-state index < -0.39 is 0 Å². The molecule has 0 bridgehead atoms.